The maximum absolute atomic E-state index is 12.7. The van der Waals surface area contributed by atoms with E-state index in [0.717, 1.165) is 41.8 Å². The van der Waals surface area contributed by atoms with Crippen molar-refractivity contribution in [2.75, 3.05) is 19.0 Å². The fourth-order valence-corrected chi connectivity index (χ4v) is 5.87. The van der Waals surface area contributed by atoms with Gasteiger partial charge < -0.3 is 10.1 Å². The number of fused-ring (bicyclic) bond motifs is 3. The molecule has 5 nitrogen and oxygen atoms in total. The van der Waals surface area contributed by atoms with Crippen LogP contribution in [0.2, 0.25) is 5.02 Å². The first kappa shape index (κ1) is 20.3. The van der Waals surface area contributed by atoms with Crippen LogP contribution in [-0.2, 0) is 15.4 Å². The van der Waals surface area contributed by atoms with Gasteiger partial charge in [-0.3, -0.25) is 0 Å². The van der Waals surface area contributed by atoms with Gasteiger partial charge in [0.1, 0.15) is 5.75 Å². The molecule has 0 saturated heterocycles. The zero-order valence-electron chi connectivity index (χ0n) is 16.4. The summed E-state index contributed by atoms with van der Waals surface area (Å²) in [5.74, 6) is 0.797. The van der Waals surface area contributed by atoms with Gasteiger partial charge in [0.2, 0.25) is 10.0 Å². The normalized spacial score (nSPS) is 23.2. The van der Waals surface area contributed by atoms with Crippen molar-refractivity contribution in [1.29, 1.82) is 0 Å². The predicted molar refractivity (Wildman–Crippen MR) is 116 cm³/mol. The van der Waals surface area contributed by atoms with Gasteiger partial charge in [0, 0.05) is 28.7 Å². The largest absolute Gasteiger partial charge is 0.497 e. The summed E-state index contributed by atoms with van der Waals surface area (Å²) in [5, 5.41) is 4.14. The van der Waals surface area contributed by atoms with E-state index >= 15 is 0 Å². The molecule has 29 heavy (non-hydrogen) atoms. The number of nitrogens with one attached hydrogen (secondary N) is 2. The maximum atomic E-state index is 12.7. The molecule has 2 atom stereocenters. The Labute approximate surface area is 177 Å². The molecule has 0 bridgehead atoms. The van der Waals surface area contributed by atoms with Gasteiger partial charge in [-0.2, -0.15) is 0 Å². The van der Waals surface area contributed by atoms with Crippen LogP contribution in [0.25, 0.3) is 0 Å². The lowest BCUT2D eigenvalue weighted by molar-refractivity contribution is 0.342. The molecule has 0 spiro atoms. The Kier molecular flexibility index (Phi) is 5.36. The monoisotopic (exact) mass is 432 g/mol. The molecule has 2 aromatic rings. The molecule has 4 rings (SSSR count). The first-order valence-corrected chi connectivity index (χ1v) is 11.6. The molecular weight excluding hydrogens is 408 g/mol. The number of hydrogen-bond acceptors (Lipinski definition) is 4. The van der Waals surface area contributed by atoms with Crippen molar-refractivity contribution >= 4 is 27.3 Å². The summed E-state index contributed by atoms with van der Waals surface area (Å²) in [5.41, 5.74) is 3.08. The number of hydrogen-bond donors (Lipinski definition) is 2. The Balaban J connectivity index is 1.60. The van der Waals surface area contributed by atoms with Gasteiger partial charge in [0.05, 0.1) is 12.0 Å². The highest BCUT2D eigenvalue weighted by molar-refractivity contribution is 7.89. The number of sulfonamides is 1. The number of ether oxygens (including phenoxy) is 1. The van der Waals surface area contributed by atoms with E-state index in [4.69, 9.17) is 16.3 Å². The topological polar surface area (TPSA) is 67.4 Å². The molecule has 0 unspecified atom stereocenters. The SMILES string of the molecule is C=C1CCC[C@@H]2Nc3ccc(OC)cc3[C@]12CCNS(=O)(=O)c1ccc(Cl)cc1. The molecule has 1 fully saturated rings. The summed E-state index contributed by atoms with van der Waals surface area (Å²) < 4.78 is 33.6. The van der Waals surface area contributed by atoms with Crippen LogP contribution in [0.4, 0.5) is 5.69 Å². The standard InChI is InChI=1S/C22H25ClN2O3S/c1-15-4-3-5-21-22(15,19-14-17(28-2)8-11-20(19)25-21)12-13-24-29(26,27)18-9-6-16(23)7-10-18/h6-11,14,21,24-25H,1,3-5,12-13H2,2H3/t21-,22-/m0/s1. The van der Waals surface area contributed by atoms with Gasteiger partial charge in [-0.1, -0.05) is 23.8 Å². The molecule has 7 heteroatoms. The van der Waals surface area contributed by atoms with Crippen molar-refractivity contribution in [3.05, 3.63) is 65.2 Å². The number of methoxy groups -OCH3 is 1. The molecule has 1 aliphatic carbocycles. The second-order valence-corrected chi connectivity index (χ2v) is 9.88. The van der Waals surface area contributed by atoms with Crippen molar-refractivity contribution in [2.45, 2.75) is 42.0 Å². The zero-order valence-corrected chi connectivity index (χ0v) is 17.9. The van der Waals surface area contributed by atoms with Crippen LogP contribution < -0.4 is 14.8 Å². The van der Waals surface area contributed by atoms with Gasteiger partial charge in [0.15, 0.2) is 0 Å². The van der Waals surface area contributed by atoms with Crippen LogP contribution in [0.5, 0.6) is 5.75 Å². The van der Waals surface area contributed by atoms with E-state index in [0.29, 0.717) is 18.0 Å². The van der Waals surface area contributed by atoms with E-state index in [2.05, 4.69) is 22.7 Å². The smallest absolute Gasteiger partial charge is 0.240 e. The fourth-order valence-electron chi connectivity index (χ4n) is 4.71. The lowest BCUT2D eigenvalue weighted by Crippen LogP contribution is -2.45. The maximum Gasteiger partial charge on any atom is 0.240 e. The molecule has 1 aliphatic heterocycles. The fraction of sp³-hybridized carbons (Fsp3) is 0.364. The van der Waals surface area contributed by atoms with Crippen LogP contribution in [0.15, 0.2) is 59.5 Å². The highest BCUT2D eigenvalue weighted by Crippen LogP contribution is 2.53. The Bertz CT molecular complexity index is 1040. The van der Waals surface area contributed by atoms with Gasteiger partial charge in [-0.05, 0) is 73.7 Å². The minimum atomic E-state index is -3.60. The molecule has 2 N–H and O–H groups in total. The predicted octanol–water partition coefficient (Wildman–Crippen LogP) is 4.49. The third-order valence-electron chi connectivity index (χ3n) is 6.17. The molecule has 1 saturated carbocycles. The summed E-state index contributed by atoms with van der Waals surface area (Å²) in [6.45, 7) is 4.71. The minimum Gasteiger partial charge on any atom is -0.497 e. The zero-order chi connectivity index (χ0) is 20.6. The van der Waals surface area contributed by atoms with Crippen LogP contribution in [0, 0.1) is 0 Å². The highest BCUT2D eigenvalue weighted by atomic mass is 35.5. The van der Waals surface area contributed by atoms with Gasteiger partial charge in [0.25, 0.3) is 0 Å². The first-order chi connectivity index (χ1) is 13.9. The molecular formula is C22H25ClN2O3S. The summed E-state index contributed by atoms with van der Waals surface area (Å²) in [6, 6.07) is 12.5. The van der Waals surface area contributed by atoms with Crippen LogP contribution in [0.1, 0.15) is 31.2 Å². The molecule has 1 heterocycles. The first-order valence-electron chi connectivity index (χ1n) is 9.75. The lowest BCUT2D eigenvalue weighted by atomic mass is 9.63. The Hall–Kier alpha value is -2.02. The molecule has 0 amide bonds. The number of halogens is 1. The van der Waals surface area contributed by atoms with Crippen LogP contribution in [0.3, 0.4) is 0 Å². The summed E-state index contributed by atoms with van der Waals surface area (Å²) in [6.07, 6.45) is 3.69. The Morgan fingerprint density at radius 3 is 2.76 bits per heavy atom. The van der Waals surface area contributed by atoms with E-state index in [9.17, 15) is 8.42 Å². The lowest BCUT2D eigenvalue weighted by Gasteiger charge is -2.42. The van der Waals surface area contributed by atoms with Crippen LogP contribution >= 0.6 is 11.6 Å². The second kappa shape index (κ2) is 7.67. The minimum absolute atomic E-state index is 0.213. The number of benzene rings is 2. The summed E-state index contributed by atoms with van der Waals surface area (Å²) >= 11 is 5.87. The van der Waals surface area contributed by atoms with E-state index in [1.165, 1.54) is 12.1 Å². The summed E-state index contributed by atoms with van der Waals surface area (Å²) in [7, 11) is -1.94. The molecule has 154 valence electrons. The van der Waals surface area contributed by atoms with Crippen molar-refractivity contribution in [3.63, 3.8) is 0 Å². The van der Waals surface area contributed by atoms with Crippen molar-refractivity contribution in [3.8, 4) is 5.75 Å². The van der Waals surface area contributed by atoms with Crippen molar-refractivity contribution in [2.24, 2.45) is 0 Å². The quantitative estimate of drug-likeness (QED) is 0.660. The summed E-state index contributed by atoms with van der Waals surface area (Å²) in [4.78, 5) is 0.213. The Morgan fingerprint density at radius 1 is 1.28 bits per heavy atom. The number of rotatable bonds is 6. The molecule has 2 aromatic carbocycles. The van der Waals surface area contributed by atoms with Gasteiger partial charge in [-0.15, -0.1) is 0 Å². The number of anilines is 1. The third kappa shape index (κ3) is 3.54. The van der Waals surface area contributed by atoms with E-state index in [1.807, 2.05) is 12.1 Å². The van der Waals surface area contributed by atoms with Crippen molar-refractivity contribution < 1.29 is 13.2 Å². The second-order valence-electron chi connectivity index (χ2n) is 7.68. The molecule has 0 aromatic heterocycles. The molecule has 2 aliphatic rings. The Morgan fingerprint density at radius 2 is 2.03 bits per heavy atom. The molecule has 0 radical (unpaired) electrons. The average Bonchev–Trinajstić information content (AvgIpc) is 3.03. The van der Waals surface area contributed by atoms with E-state index < -0.39 is 10.0 Å². The van der Waals surface area contributed by atoms with Gasteiger partial charge in [-0.25, -0.2) is 13.1 Å². The third-order valence-corrected chi connectivity index (χ3v) is 7.90. The highest BCUT2D eigenvalue weighted by Gasteiger charge is 2.50. The average molecular weight is 433 g/mol. The van der Waals surface area contributed by atoms with E-state index in [1.54, 1.807) is 19.2 Å². The van der Waals surface area contributed by atoms with E-state index in [-0.39, 0.29) is 16.4 Å². The van der Waals surface area contributed by atoms with Gasteiger partial charge >= 0.3 is 0 Å². The van der Waals surface area contributed by atoms with Crippen molar-refractivity contribution in [1.82, 2.24) is 4.72 Å². The van der Waals surface area contributed by atoms with Crippen LogP contribution in [-0.4, -0.2) is 28.1 Å².